The van der Waals surface area contributed by atoms with Gasteiger partial charge < -0.3 is 13.9 Å². The average Bonchev–Trinajstić information content (AvgIpc) is 1.19. The predicted octanol–water partition coefficient (Wildman–Crippen LogP) is -6.49. The minimum absolute atomic E-state index is 0. The summed E-state index contributed by atoms with van der Waals surface area (Å²) < 4.78 is 40.3. The van der Waals surface area contributed by atoms with Gasteiger partial charge in [0.2, 0.25) is 0 Å². The van der Waals surface area contributed by atoms with Gasteiger partial charge in [0.05, 0.1) is 0 Å². The van der Waals surface area contributed by atoms with Gasteiger partial charge in [0.1, 0.15) is 0 Å². The first-order valence-corrected chi connectivity index (χ1v) is 4.05. The Labute approximate surface area is 138 Å². The average molecular weight is 272 g/mol. The topological polar surface area (TPSA) is 132 Å². The summed E-state index contributed by atoms with van der Waals surface area (Å²) in [4.78, 5) is 14.3. The predicted molar refractivity (Wildman–Crippen MR) is 44.1 cm³/mol. The van der Waals surface area contributed by atoms with Gasteiger partial charge in [0.15, 0.2) is 17.4 Å². The summed E-state index contributed by atoms with van der Waals surface area (Å²) in [5.74, 6) is 0. The summed E-state index contributed by atoms with van der Waals surface area (Å²) in [7, 11) is -7.80. The molecule has 0 radical (unpaired) electrons. The molecule has 0 heterocycles. The molecule has 0 saturated carbocycles. The Morgan fingerprint density at radius 1 is 1.17 bits per heavy atom. The molecule has 0 spiro atoms. The summed E-state index contributed by atoms with van der Waals surface area (Å²) in [5.41, 5.74) is 0. The molecule has 0 amide bonds. The Kier molecular flexibility index (Phi) is 38.4. The van der Waals surface area contributed by atoms with E-state index in [1.54, 1.807) is 0 Å². The minimum atomic E-state index is -4.67. The van der Waals surface area contributed by atoms with Gasteiger partial charge in [-0.05, 0) is 0 Å². The quantitative estimate of drug-likeness (QED) is 0.254. The number of hydrogen-bond donors (Lipinski definition) is 4. The van der Waals surface area contributed by atoms with Gasteiger partial charge in [-0.15, -0.1) is 0 Å². The molecular formula is H10AlCaNaO7SSi. The molecule has 0 aromatic rings. The van der Waals surface area contributed by atoms with Crippen molar-refractivity contribution >= 4 is 74.7 Å². The van der Waals surface area contributed by atoms with E-state index < -0.39 is 19.6 Å². The molecule has 0 aliphatic heterocycles. The molecule has 0 bridgehead atoms. The molecule has 0 fully saturated rings. The second-order valence-electron chi connectivity index (χ2n) is 0.730. The smallest absolute Gasteiger partial charge is 1.00 e. The number of rotatable bonds is 0. The SMILES string of the molecule is O=S(=O)(O)O.O=[Si](O)O.[AlH3].[Ca+2].[H-].[H-].[H-].[Na+]. The molecule has 0 atom stereocenters. The van der Waals surface area contributed by atoms with Crippen LogP contribution in [0.25, 0.3) is 0 Å². The van der Waals surface area contributed by atoms with E-state index in [0.717, 1.165) is 0 Å². The van der Waals surface area contributed by atoms with Crippen LogP contribution in [0.1, 0.15) is 4.28 Å². The first-order valence-electron chi connectivity index (χ1n) is 1.35. The van der Waals surface area contributed by atoms with E-state index >= 15 is 0 Å². The van der Waals surface area contributed by atoms with Crippen LogP contribution in [0.15, 0.2) is 0 Å². The summed E-state index contributed by atoms with van der Waals surface area (Å²) in [6, 6.07) is 0. The van der Waals surface area contributed by atoms with Gasteiger partial charge in [0.25, 0.3) is 0 Å². The first-order chi connectivity index (χ1) is 3.73. The molecule has 0 aliphatic carbocycles. The van der Waals surface area contributed by atoms with Crippen molar-refractivity contribution in [3.05, 3.63) is 0 Å². The van der Waals surface area contributed by atoms with Crippen LogP contribution in [0.3, 0.4) is 0 Å². The van der Waals surface area contributed by atoms with Gasteiger partial charge in [0, 0.05) is 0 Å². The zero-order valence-electron chi connectivity index (χ0n) is 8.63. The largest absolute Gasteiger partial charge is 2.00 e. The molecule has 12 heteroatoms. The molecule has 4 N–H and O–H groups in total. The Morgan fingerprint density at radius 2 is 1.17 bits per heavy atom. The maximum atomic E-state index is 8.74. The van der Waals surface area contributed by atoms with E-state index in [-0.39, 0.29) is 88.9 Å². The molecule has 0 rings (SSSR count). The molecule has 0 aromatic carbocycles. The summed E-state index contributed by atoms with van der Waals surface area (Å²) in [6.45, 7) is 0. The van der Waals surface area contributed by atoms with E-state index in [1.165, 1.54) is 0 Å². The normalized spacial score (nSPS) is 6.83. The number of hydrogen-bond acceptors (Lipinski definition) is 3. The fraction of sp³-hybridized carbons (Fsp3) is 0. The van der Waals surface area contributed by atoms with Crippen LogP contribution in [0.2, 0.25) is 0 Å². The van der Waals surface area contributed by atoms with Crippen molar-refractivity contribution < 1.29 is 65.4 Å². The molecule has 0 saturated heterocycles. The van der Waals surface area contributed by atoms with Crippen molar-refractivity contribution in [1.29, 1.82) is 0 Å². The third-order valence-corrected chi connectivity index (χ3v) is 0. The van der Waals surface area contributed by atoms with E-state index in [1.807, 2.05) is 0 Å². The third kappa shape index (κ3) is 301. The summed E-state index contributed by atoms with van der Waals surface area (Å²) >= 11 is 0. The molecule has 0 unspecified atom stereocenters. The second-order valence-corrected chi connectivity index (χ2v) is 2.19. The van der Waals surface area contributed by atoms with E-state index in [9.17, 15) is 0 Å². The molecule has 0 aromatic heterocycles. The van der Waals surface area contributed by atoms with Crippen LogP contribution in [0, 0.1) is 0 Å². The van der Waals surface area contributed by atoms with Crippen molar-refractivity contribution in [2.75, 3.05) is 0 Å². The van der Waals surface area contributed by atoms with Crippen molar-refractivity contribution in [1.82, 2.24) is 0 Å². The zero-order valence-corrected chi connectivity index (χ0v) is 11.7. The van der Waals surface area contributed by atoms with E-state index in [2.05, 4.69) is 0 Å². The fourth-order valence-electron chi connectivity index (χ4n) is 0. The van der Waals surface area contributed by atoms with Crippen LogP contribution in [0.4, 0.5) is 0 Å². The van der Waals surface area contributed by atoms with Crippen molar-refractivity contribution in [2.45, 2.75) is 0 Å². The van der Waals surface area contributed by atoms with Crippen LogP contribution in [0.5, 0.6) is 0 Å². The monoisotopic (exact) mass is 272 g/mol. The minimum Gasteiger partial charge on any atom is -1.00 e. The van der Waals surface area contributed by atoms with Gasteiger partial charge in [-0.25, -0.2) is 0 Å². The van der Waals surface area contributed by atoms with Gasteiger partial charge >= 0.3 is 86.9 Å². The molecule has 7 nitrogen and oxygen atoms in total. The molecular weight excluding hydrogens is 262 g/mol. The maximum absolute atomic E-state index is 8.74. The molecule has 0 aliphatic rings. The van der Waals surface area contributed by atoms with E-state index in [4.69, 9.17) is 31.6 Å². The Morgan fingerprint density at radius 3 is 1.17 bits per heavy atom. The second kappa shape index (κ2) is 15.7. The van der Waals surface area contributed by atoms with Crippen LogP contribution < -0.4 is 29.6 Å². The molecule has 12 heavy (non-hydrogen) atoms. The van der Waals surface area contributed by atoms with Crippen molar-refractivity contribution in [3.63, 3.8) is 0 Å². The zero-order chi connectivity index (χ0) is 8.08. The Bertz CT molecular complexity index is 177. The third-order valence-electron chi connectivity index (χ3n) is 0. The Hall–Kier alpha value is 2.28. The van der Waals surface area contributed by atoms with Crippen molar-refractivity contribution in [3.8, 4) is 0 Å². The fourth-order valence-corrected chi connectivity index (χ4v) is 0. The van der Waals surface area contributed by atoms with Crippen LogP contribution in [-0.2, 0) is 14.9 Å². The standard InChI is InChI=1S/Al.Ca.Na.H2O4S.H2O3Si.6H/c;;;1-5(2,3)4;1-4(2)3;;;;;;/h;;;(H2,1,2,3,4);1-2H;;;;;;/q;+2;+1;;;;;;3*-1. The van der Waals surface area contributed by atoms with Crippen LogP contribution in [-0.4, -0.2) is 91.4 Å². The van der Waals surface area contributed by atoms with Crippen molar-refractivity contribution in [2.24, 2.45) is 0 Å². The summed E-state index contributed by atoms with van der Waals surface area (Å²) in [6.07, 6.45) is 0. The first kappa shape index (κ1) is 29.2. The van der Waals surface area contributed by atoms with Gasteiger partial charge in [-0.2, -0.15) is 8.42 Å². The van der Waals surface area contributed by atoms with Gasteiger partial charge in [-0.1, -0.05) is 0 Å². The van der Waals surface area contributed by atoms with Gasteiger partial charge in [-0.3, -0.25) is 13.6 Å². The molecule has 68 valence electrons. The maximum Gasteiger partial charge on any atom is 2.00 e. The van der Waals surface area contributed by atoms with E-state index in [0.29, 0.717) is 0 Å². The van der Waals surface area contributed by atoms with Crippen LogP contribution >= 0.6 is 0 Å². The summed E-state index contributed by atoms with van der Waals surface area (Å²) in [5, 5.41) is 0. The Balaban J connectivity index is -0.00000000785.